The minimum absolute atomic E-state index is 0.0508. The molecule has 0 fully saturated rings. The van der Waals surface area contributed by atoms with E-state index in [1.165, 1.54) is 0 Å². The lowest BCUT2D eigenvalue weighted by Crippen LogP contribution is -2.13. The predicted molar refractivity (Wildman–Crippen MR) is 114 cm³/mol. The van der Waals surface area contributed by atoms with Crippen LogP contribution in [0.4, 0.5) is 5.69 Å². The first-order chi connectivity index (χ1) is 14.0. The van der Waals surface area contributed by atoms with Gasteiger partial charge in [0.25, 0.3) is 0 Å². The summed E-state index contributed by atoms with van der Waals surface area (Å²) in [6.45, 7) is 6.47. The summed E-state index contributed by atoms with van der Waals surface area (Å²) in [5.41, 5.74) is 4.67. The van der Waals surface area contributed by atoms with Crippen molar-refractivity contribution in [3.05, 3.63) is 65.5 Å². The van der Waals surface area contributed by atoms with E-state index >= 15 is 0 Å². The lowest BCUT2D eigenvalue weighted by molar-refractivity contribution is -0.116. The van der Waals surface area contributed by atoms with Crippen LogP contribution in [0.1, 0.15) is 30.3 Å². The van der Waals surface area contributed by atoms with Crippen molar-refractivity contribution >= 4 is 11.6 Å². The molecule has 0 radical (unpaired) electrons. The summed E-state index contributed by atoms with van der Waals surface area (Å²) in [6, 6.07) is 15.2. The monoisotopic (exact) mass is 393 g/mol. The molecular formula is C23H27N3O3. The van der Waals surface area contributed by atoms with Gasteiger partial charge in [-0.2, -0.15) is 5.10 Å². The number of aryl methyl sites for hydroxylation is 1. The largest absolute Gasteiger partial charge is 0.497 e. The lowest BCUT2D eigenvalue weighted by Gasteiger charge is -2.11. The number of anilines is 1. The van der Waals surface area contributed by atoms with Crippen LogP contribution in [0.3, 0.4) is 0 Å². The molecule has 0 saturated heterocycles. The molecule has 3 aromatic rings. The van der Waals surface area contributed by atoms with Gasteiger partial charge >= 0.3 is 0 Å². The van der Waals surface area contributed by atoms with Crippen molar-refractivity contribution in [2.24, 2.45) is 0 Å². The molecule has 1 heterocycles. The van der Waals surface area contributed by atoms with Crippen LogP contribution < -0.4 is 14.8 Å². The summed E-state index contributed by atoms with van der Waals surface area (Å²) < 4.78 is 12.8. The maximum absolute atomic E-state index is 12.5. The fourth-order valence-corrected chi connectivity index (χ4v) is 3.33. The maximum atomic E-state index is 12.5. The Morgan fingerprint density at radius 2 is 1.93 bits per heavy atom. The molecule has 0 aliphatic rings. The molecule has 0 unspecified atom stereocenters. The Bertz CT molecular complexity index is 995. The van der Waals surface area contributed by atoms with Gasteiger partial charge in [-0.1, -0.05) is 18.2 Å². The summed E-state index contributed by atoms with van der Waals surface area (Å²) in [6.07, 6.45) is 0.982. The minimum Gasteiger partial charge on any atom is -0.497 e. The smallest absolute Gasteiger partial charge is 0.224 e. The van der Waals surface area contributed by atoms with Crippen LogP contribution in [0.2, 0.25) is 0 Å². The Morgan fingerprint density at radius 3 is 2.69 bits per heavy atom. The van der Waals surface area contributed by atoms with E-state index in [1.807, 2.05) is 74.0 Å². The van der Waals surface area contributed by atoms with Gasteiger partial charge in [0.15, 0.2) is 0 Å². The van der Waals surface area contributed by atoms with E-state index in [-0.39, 0.29) is 5.91 Å². The first kappa shape index (κ1) is 20.5. The highest BCUT2D eigenvalue weighted by molar-refractivity contribution is 5.92. The van der Waals surface area contributed by atoms with Gasteiger partial charge in [0.05, 0.1) is 30.8 Å². The van der Waals surface area contributed by atoms with E-state index in [9.17, 15) is 4.79 Å². The summed E-state index contributed by atoms with van der Waals surface area (Å²) in [5, 5.41) is 7.62. The molecule has 6 nitrogen and oxygen atoms in total. The SMILES string of the molecule is CCOc1ccccc1NC(=O)CCc1c(C)nn(-c2cccc(OC)c2)c1C. The fraction of sp³-hybridized carbons (Fsp3) is 0.304. The van der Waals surface area contributed by atoms with Gasteiger partial charge in [-0.15, -0.1) is 0 Å². The maximum Gasteiger partial charge on any atom is 0.224 e. The average Bonchev–Trinajstić information content (AvgIpc) is 3.01. The molecule has 29 heavy (non-hydrogen) atoms. The molecule has 152 valence electrons. The highest BCUT2D eigenvalue weighted by Gasteiger charge is 2.15. The van der Waals surface area contributed by atoms with Crippen molar-refractivity contribution in [2.45, 2.75) is 33.6 Å². The molecule has 2 aromatic carbocycles. The number of rotatable bonds is 8. The van der Waals surface area contributed by atoms with Crippen molar-refractivity contribution in [1.29, 1.82) is 0 Å². The van der Waals surface area contributed by atoms with Crippen LogP contribution in [0.15, 0.2) is 48.5 Å². The zero-order valence-corrected chi connectivity index (χ0v) is 17.4. The molecule has 1 amide bonds. The average molecular weight is 393 g/mol. The molecule has 6 heteroatoms. The number of benzene rings is 2. The third-order valence-corrected chi connectivity index (χ3v) is 4.80. The number of nitrogens with zero attached hydrogens (tertiary/aromatic N) is 2. The fourth-order valence-electron chi connectivity index (χ4n) is 3.33. The van der Waals surface area contributed by atoms with Gasteiger partial charge in [-0.05, 0) is 57.0 Å². The number of methoxy groups -OCH3 is 1. The van der Waals surface area contributed by atoms with Gasteiger partial charge in [0.1, 0.15) is 11.5 Å². The molecule has 3 rings (SSSR count). The Labute approximate surface area is 171 Å². The van der Waals surface area contributed by atoms with Crippen LogP contribution in [0.25, 0.3) is 5.69 Å². The highest BCUT2D eigenvalue weighted by Crippen LogP contribution is 2.25. The molecule has 0 spiro atoms. The molecule has 0 saturated carbocycles. The summed E-state index contributed by atoms with van der Waals surface area (Å²) in [4.78, 5) is 12.5. The van der Waals surface area contributed by atoms with Crippen LogP contribution in [-0.2, 0) is 11.2 Å². The third-order valence-electron chi connectivity index (χ3n) is 4.80. The zero-order valence-electron chi connectivity index (χ0n) is 17.4. The predicted octanol–water partition coefficient (Wildman–Crippen LogP) is 4.47. The number of hydrogen-bond donors (Lipinski definition) is 1. The Morgan fingerprint density at radius 1 is 1.14 bits per heavy atom. The quantitative estimate of drug-likeness (QED) is 0.613. The van der Waals surface area contributed by atoms with Crippen LogP contribution in [-0.4, -0.2) is 29.4 Å². The van der Waals surface area contributed by atoms with E-state index in [2.05, 4.69) is 10.4 Å². The molecular weight excluding hydrogens is 366 g/mol. The van der Waals surface area contributed by atoms with E-state index in [0.29, 0.717) is 30.9 Å². The van der Waals surface area contributed by atoms with E-state index in [0.717, 1.165) is 28.4 Å². The van der Waals surface area contributed by atoms with Crippen molar-refractivity contribution in [1.82, 2.24) is 9.78 Å². The number of amides is 1. The van der Waals surface area contributed by atoms with E-state index in [4.69, 9.17) is 9.47 Å². The minimum atomic E-state index is -0.0508. The summed E-state index contributed by atoms with van der Waals surface area (Å²) in [7, 11) is 1.65. The van der Waals surface area contributed by atoms with Gasteiger partial charge < -0.3 is 14.8 Å². The second kappa shape index (κ2) is 9.28. The molecule has 1 aromatic heterocycles. The number of nitrogens with one attached hydrogen (secondary N) is 1. The molecule has 0 bridgehead atoms. The van der Waals surface area contributed by atoms with Crippen LogP contribution in [0.5, 0.6) is 11.5 Å². The topological polar surface area (TPSA) is 65.4 Å². The van der Waals surface area contributed by atoms with Crippen molar-refractivity contribution < 1.29 is 14.3 Å². The van der Waals surface area contributed by atoms with Gasteiger partial charge in [0, 0.05) is 18.2 Å². The van der Waals surface area contributed by atoms with Gasteiger partial charge in [-0.3, -0.25) is 4.79 Å². The number of carbonyl (C=O) groups excluding carboxylic acids is 1. The van der Waals surface area contributed by atoms with Gasteiger partial charge in [-0.25, -0.2) is 4.68 Å². The molecule has 0 aliphatic heterocycles. The van der Waals surface area contributed by atoms with Gasteiger partial charge in [0.2, 0.25) is 5.91 Å². The Kier molecular flexibility index (Phi) is 6.54. The normalized spacial score (nSPS) is 10.6. The third kappa shape index (κ3) is 4.77. The standard InChI is InChI=1S/C23H27N3O3/c1-5-29-22-12-7-6-11-21(22)24-23(27)14-13-20-16(2)25-26(17(20)3)18-9-8-10-19(15-18)28-4/h6-12,15H,5,13-14H2,1-4H3,(H,24,27). The zero-order chi connectivity index (χ0) is 20.8. The second-order valence-electron chi connectivity index (χ2n) is 6.74. The number of hydrogen-bond acceptors (Lipinski definition) is 4. The second-order valence-corrected chi connectivity index (χ2v) is 6.74. The van der Waals surface area contributed by atoms with E-state index in [1.54, 1.807) is 7.11 Å². The lowest BCUT2D eigenvalue weighted by atomic mass is 10.1. The molecule has 0 atom stereocenters. The number of para-hydroxylation sites is 2. The van der Waals surface area contributed by atoms with Crippen molar-refractivity contribution in [2.75, 3.05) is 19.0 Å². The number of carbonyl (C=O) groups is 1. The number of aromatic nitrogens is 2. The first-order valence-corrected chi connectivity index (χ1v) is 9.74. The highest BCUT2D eigenvalue weighted by atomic mass is 16.5. The molecule has 0 aliphatic carbocycles. The summed E-state index contributed by atoms with van der Waals surface area (Å²) >= 11 is 0. The first-order valence-electron chi connectivity index (χ1n) is 9.74. The van der Waals surface area contributed by atoms with Crippen LogP contribution >= 0.6 is 0 Å². The summed E-state index contributed by atoms with van der Waals surface area (Å²) in [5.74, 6) is 1.41. The van der Waals surface area contributed by atoms with Crippen LogP contribution in [0, 0.1) is 13.8 Å². The van der Waals surface area contributed by atoms with Crippen molar-refractivity contribution in [3.8, 4) is 17.2 Å². The van der Waals surface area contributed by atoms with E-state index < -0.39 is 0 Å². The molecule has 1 N–H and O–H groups in total. The Balaban J connectivity index is 1.71. The van der Waals surface area contributed by atoms with Crippen molar-refractivity contribution in [3.63, 3.8) is 0 Å². The Hall–Kier alpha value is -3.28. The number of ether oxygens (including phenoxy) is 2.